The van der Waals surface area contributed by atoms with Crippen LogP contribution in [0.4, 0.5) is 10.2 Å². The molecule has 0 unspecified atom stereocenters. The van der Waals surface area contributed by atoms with Gasteiger partial charge < -0.3 is 15.5 Å². The van der Waals surface area contributed by atoms with Crippen molar-refractivity contribution < 1.29 is 14.0 Å². The molecule has 0 saturated heterocycles. The van der Waals surface area contributed by atoms with E-state index in [-0.39, 0.29) is 29.9 Å². The molecule has 1 amide bonds. The van der Waals surface area contributed by atoms with Crippen LogP contribution < -0.4 is 11.1 Å². The van der Waals surface area contributed by atoms with Gasteiger partial charge in [-0.3, -0.25) is 9.59 Å². The van der Waals surface area contributed by atoms with Crippen molar-refractivity contribution in [3.8, 4) is 22.5 Å². The first-order valence-corrected chi connectivity index (χ1v) is 11.1. The summed E-state index contributed by atoms with van der Waals surface area (Å²) in [4.78, 5) is 38.1. The molecule has 0 spiro atoms. The number of anilines is 1. The Kier molecular flexibility index (Phi) is 5.53. The SMILES string of the molecule is Cc1cnc2ccc(-c3nc(CNC(=O)[C@H]4CCCC4=O)c(N)nc3-c3ccc(F)cc3)cn12. The third kappa shape index (κ3) is 4.00. The number of carbonyl (C=O) groups is 2. The van der Waals surface area contributed by atoms with Crippen LogP contribution in [0.2, 0.25) is 0 Å². The number of rotatable bonds is 5. The smallest absolute Gasteiger partial charge is 0.230 e. The lowest BCUT2D eigenvalue weighted by atomic mass is 10.0. The molecule has 172 valence electrons. The summed E-state index contributed by atoms with van der Waals surface area (Å²) in [7, 11) is 0. The van der Waals surface area contributed by atoms with Crippen molar-refractivity contribution in [2.24, 2.45) is 5.92 Å². The number of benzene rings is 1. The topological polar surface area (TPSA) is 115 Å². The first kappa shape index (κ1) is 21.7. The number of ketones is 1. The predicted octanol–water partition coefficient (Wildman–Crippen LogP) is 3.47. The molecule has 9 heteroatoms. The molecule has 5 rings (SSSR count). The van der Waals surface area contributed by atoms with E-state index in [0.29, 0.717) is 35.5 Å². The normalized spacial score (nSPS) is 15.7. The number of amides is 1. The number of imidazole rings is 1. The molecular weight excluding hydrogens is 435 g/mol. The summed E-state index contributed by atoms with van der Waals surface area (Å²) in [6.07, 6.45) is 5.41. The number of nitrogens with one attached hydrogen (secondary N) is 1. The van der Waals surface area contributed by atoms with Gasteiger partial charge in [-0.25, -0.2) is 19.3 Å². The van der Waals surface area contributed by atoms with Crippen LogP contribution in [0.3, 0.4) is 0 Å². The first-order valence-electron chi connectivity index (χ1n) is 11.1. The van der Waals surface area contributed by atoms with Crippen molar-refractivity contribution >= 4 is 23.2 Å². The molecule has 0 radical (unpaired) electrons. The summed E-state index contributed by atoms with van der Waals surface area (Å²) in [6.45, 7) is 2.00. The maximum absolute atomic E-state index is 13.5. The molecule has 3 aromatic heterocycles. The zero-order chi connectivity index (χ0) is 23.8. The third-order valence-electron chi connectivity index (χ3n) is 6.13. The van der Waals surface area contributed by atoms with Crippen LogP contribution in [-0.2, 0) is 16.1 Å². The van der Waals surface area contributed by atoms with E-state index in [1.165, 1.54) is 12.1 Å². The fourth-order valence-electron chi connectivity index (χ4n) is 4.25. The van der Waals surface area contributed by atoms with Gasteiger partial charge in [0, 0.05) is 35.6 Å². The minimum Gasteiger partial charge on any atom is -0.382 e. The minimum absolute atomic E-state index is 0.0343. The quantitative estimate of drug-likeness (QED) is 0.443. The monoisotopic (exact) mass is 458 g/mol. The number of nitrogen functional groups attached to an aromatic ring is 1. The number of halogens is 1. The van der Waals surface area contributed by atoms with Crippen molar-refractivity contribution in [3.05, 3.63) is 66.0 Å². The van der Waals surface area contributed by atoms with Gasteiger partial charge >= 0.3 is 0 Å². The number of hydrogen-bond acceptors (Lipinski definition) is 6. The number of nitrogens with two attached hydrogens (primary N) is 1. The van der Waals surface area contributed by atoms with Crippen LogP contribution >= 0.6 is 0 Å². The van der Waals surface area contributed by atoms with E-state index in [4.69, 9.17) is 10.7 Å². The zero-order valence-corrected chi connectivity index (χ0v) is 18.6. The van der Waals surface area contributed by atoms with Gasteiger partial charge in [-0.15, -0.1) is 0 Å². The largest absolute Gasteiger partial charge is 0.382 e. The molecule has 8 nitrogen and oxygen atoms in total. The molecule has 0 bridgehead atoms. The van der Waals surface area contributed by atoms with Crippen LogP contribution in [0.5, 0.6) is 0 Å². The number of fused-ring (bicyclic) bond motifs is 1. The molecular formula is C25H23FN6O2. The summed E-state index contributed by atoms with van der Waals surface area (Å²) in [5.41, 5.74) is 10.8. The van der Waals surface area contributed by atoms with Gasteiger partial charge in [0.05, 0.1) is 23.9 Å². The molecule has 1 aromatic carbocycles. The number of aromatic nitrogens is 4. The second kappa shape index (κ2) is 8.66. The Bertz CT molecular complexity index is 1410. The van der Waals surface area contributed by atoms with E-state index in [9.17, 15) is 14.0 Å². The summed E-state index contributed by atoms with van der Waals surface area (Å²) < 4.78 is 15.5. The van der Waals surface area contributed by atoms with Gasteiger partial charge in [-0.2, -0.15) is 0 Å². The van der Waals surface area contributed by atoms with Crippen LogP contribution in [0, 0.1) is 18.7 Å². The molecule has 3 heterocycles. The van der Waals surface area contributed by atoms with Gasteiger partial charge in [0.1, 0.15) is 28.8 Å². The Balaban J connectivity index is 1.56. The Morgan fingerprint density at radius 2 is 1.88 bits per heavy atom. The lowest BCUT2D eigenvalue weighted by Gasteiger charge is -2.15. The summed E-state index contributed by atoms with van der Waals surface area (Å²) in [5.74, 6) is -1.17. The highest BCUT2D eigenvalue weighted by Gasteiger charge is 2.31. The van der Waals surface area contributed by atoms with Crippen molar-refractivity contribution in [1.82, 2.24) is 24.7 Å². The predicted molar refractivity (Wildman–Crippen MR) is 125 cm³/mol. The highest BCUT2D eigenvalue weighted by Crippen LogP contribution is 2.31. The number of Topliss-reactive ketones (excluding diaryl/α,β-unsaturated/α-hetero) is 1. The van der Waals surface area contributed by atoms with E-state index in [1.54, 1.807) is 18.3 Å². The fourth-order valence-corrected chi connectivity index (χ4v) is 4.25. The maximum Gasteiger partial charge on any atom is 0.230 e. The van der Waals surface area contributed by atoms with Crippen molar-refractivity contribution in [1.29, 1.82) is 0 Å². The molecule has 1 saturated carbocycles. The molecule has 34 heavy (non-hydrogen) atoms. The third-order valence-corrected chi connectivity index (χ3v) is 6.13. The van der Waals surface area contributed by atoms with Crippen molar-refractivity contribution in [2.75, 3.05) is 5.73 Å². The van der Waals surface area contributed by atoms with E-state index in [0.717, 1.165) is 23.3 Å². The molecule has 1 fully saturated rings. The Labute approximate surface area is 195 Å². The number of pyridine rings is 1. The average Bonchev–Trinajstić information content (AvgIpc) is 3.43. The second-order valence-electron chi connectivity index (χ2n) is 8.43. The lowest BCUT2D eigenvalue weighted by Crippen LogP contribution is -2.33. The maximum atomic E-state index is 13.5. The van der Waals surface area contributed by atoms with Gasteiger partial charge in [0.2, 0.25) is 5.91 Å². The van der Waals surface area contributed by atoms with E-state index >= 15 is 0 Å². The number of hydrogen-bond donors (Lipinski definition) is 2. The number of aryl methyl sites for hydroxylation is 1. The highest BCUT2D eigenvalue weighted by molar-refractivity contribution is 6.02. The highest BCUT2D eigenvalue weighted by atomic mass is 19.1. The van der Waals surface area contributed by atoms with Crippen LogP contribution in [0.1, 0.15) is 30.7 Å². The molecule has 0 aliphatic heterocycles. The van der Waals surface area contributed by atoms with Gasteiger partial charge in [0.25, 0.3) is 0 Å². The lowest BCUT2D eigenvalue weighted by molar-refractivity contribution is -0.132. The van der Waals surface area contributed by atoms with Crippen molar-refractivity contribution in [2.45, 2.75) is 32.7 Å². The number of nitrogens with zero attached hydrogens (tertiary/aromatic N) is 4. The Hall–Kier alpha value is -4.14. The summed E-state index contributed by atoms with van der Waals surface area (Å²) >= 11 is 0. The molecule has 1 aliphatic rings. The van der Waals surface area contributed by atoms with E-state index in [1.807, 2.05) is 29.7 Å². The number of carbonyl (C=O) groups excluding carboxylic acids is 2. The Morgan fingerprint density at radius 1 is 1.15 bits per heavy atom. The standard InChI is InChI=1S/C25H23FN6O2/c1-14-11-28-21-10-7-16(13-32(14)21)23-22(15-5-8-17(26)9-6-15)31-24(27)19(30-23)12-29-25(34)18-3-2-4-20(18)33/h5-11,13,18H,2-4,12H2,1H3,(H2,27,31)(H,29,34)/t18-/m0/s1. The van der Waals surface area contributed by atoms with E-state index < -0.39 is 5.92 Å². The minimum atomic E-state index is -0.612. The molecule has 4 aromatic rings. The average molecular weight is 458 g/mol. The van der Waals surface area contributed by atoms with E-state index in [2.05, 4.69) is 15.3 Å². The van der Waals surface area contributed by atoms with Crippen molar-refractivity contribution in [3.63, 3.8) is 0 Å². The van der Waals surface area contributed by atoms with Gasteiger partial charge in [-0.05, 0) is 56.2 Å². The molecule has 3 N–H and O–H groups in total. The van der Waals surface area contributed by atoms with Gasteiger partial charge in [-0.1, -0.05) is 0 Å². The van der Waals surface area contributed by atoms with Crippen LogP contribution in [0.15, 0.2) is 48.8 Å². The second-order valence-corrected chi connectivity index (χ2v) is 8.43. The summed E-state index contributed by atoms with van der Waals surface area (Å²) in [6, 6.07) is 9.71. The molecule has 1 atom stereocenters. The first-order chi connectivity index (χ1) is 16.4. The summed E-state index contributed by atoms with van der Waals surface area (Å²) in [5, 5.41) is 2.79. The Morgan fingerprint density at radius 3 is 2.62 bits per heavy atom. The van der Waals surface area contributed by atoms with Gasteiger partial charge in [0.15, 0.2) is 0 Å². The van der Waals surface area contributed by atoms with Crippen LogP contribution in [0.25, 0.3) is 28.2 Å². The van der Waals surface area contributed by atoms with Crippen LogP contribution in [-0.4, -0.2) is 31.0 Å². The zero-order valence-electron chi connectivity index (χ0n) is 18.6. The fraction of sp³-hybridized carbons (Fsp3) is 0.240. The molecule has 1 aliphatic carbocycles.